The van der Waals surface area contributed by atoms with Gasteiger partial charge in [-0.1, -0.05) is 24.3 Å². The molecule has 1 aliphatic heterocycles. The van der Waals surface area contributed by atoms with Crippen molar-refractivity contribution in [2.24, 2.45) is 5.92 Å². The second-order valence-corrected chi connectivity index (χ2v) is 7.01. The smallest absolute Gasteiger partial charge is 0.223 e. The minimum atomic E-state index is -0.129. The number of aromatic nitrogens is 2. The maximum atomic E-state index is 12.3. The van der Waals surface area contributed by atoms with Gasteiger partial charge >= 0.3 is 0 Å². The third kappa shape index (κ3) is 4.24. The highest BCUT2D eigenvalue weighted by Gasteiger charge is 2.29. The molecule has 7 nitrogen and oxygen atoms in total. The highest BCUT2D eigenvalue weighted by atomic mass is 16.2. The fourth-order valence-electron chi connectivity index (χ4n) is 3.55. The number of piperidine rings is 1. The molecule has 0 unspecified atom stereocenters. The van der Waals surface area contributed by atoms with Crippen molar-refractivity contribution in [3.05, 3.63) is 48.7 Å². The molecule has 2 aromatic rings. The minimum absolute atomic E-state index is 0.00499. The second kappa shape index (κ2) is 8.73. The van der Waals surface area contributed by atoms with Crippen LogP contribution in [0.2, 0.25) is 0 Å². The van der Waals surface area contributed by atoms with Gasteiger partial charge in [-0.15, -0.1) is 6.58 Å². The third-order valence-electron chi connectivity index (χ3n) is 4.92. The first-order valence-corrected chi connectivity index (χ1v) is 9.57. The molecule has 2 N–H and O–H groups in total. The fraction of sp³-hybridized carbons (Fsp3) is 0.381. The van der Waals surface area contributed by atoms with E-state index >= 15 is 0 Å². The monoisotopic (exact) mass is 381 g/mol. The second-order valence-electron chi connectivity index (χ2n) is 7.01. The normalized spacial score (nSPS) is 14.6. The number of benzene rings is 1. The van der Waals surface area contributed by atoms with Gasteiger partial charge in [0.25, 0.3) is 0 Å². The quantitative estimate of drug-likeness (QED) is 0.754. The van der Waals surface area contributed by atoms with Crippen LogP contribution in [0.25, 0.3) is 5.69 Å². The first-order valence-electron chi connectivity index (χ1n) is 9.57. The molecule has 0 spiro atoms. The van der Waals surface area contributed by atoms with Crippen molar-refractivity contribution in [3.63, 3.8) is 0 Å². The highest BCUT2D eigenvalue weighted by molar-refractivity contribution is 5.93. The van der Waals surface area contributed by atoms with E-state index in [0.29, 0.717) is 6.54 Å². The summed E-state index contributed by atoms with van der Waals surface area (Å²) >= 11 is 0. The zero-order valence-electron chi connectivity index (χ0n) is 16.4. The van der Waals surface area contributed by atoms with Crippen LogP contribution in [0.3, 0.4) is 0 Å². The Hall–Kier alpha value is -3.09. The van der Waals surface area contributed by atoms with Gasteiger partial charge in [0.15, 0.2) is 5.82 Å². The number of nitrogens with zero attached hydrogens (tertiary/aromatic N) is 3. The number of hydrogen-bond donors (Lipinski definition) is 2. The van der Waals surface area contributed by atoms with Crippen LogP contribution in [0.5, 0.6) is 0 Å². The Bertz CT molecular complexity index is 851. The number of nitrogens with one attached hydrogen (secondary N) is 2. The number of amides is 2. The van der Waals surface area contributed by atoms with Gasteiger partial charge in [0.05, 0.1) is 11.4 Å². The summed E-state index contributed by atoms with van der Waals surface area (Å²) < 4.78 is 1.87. The molecule has 0 bridgehead atoms. The molecule has 3 rings (SSSR count). The minimum Gasteiger partial charge on any atom is -0.355 e. The van der Waals surface area contributed by atoms with Gasteiger partial charge in [0, 0.05) is 32.5 Å². The lowest BCUT2D eigenvalue weighted by atomic mass is 9.96. The molecule has 1 fully saturated rings. The van der Waals surface area contributed by atoms with Crippen molar-refractivity contribution < 1.29 is 9.59 Å². The molecule has 7 heteroatoms. The topological polar surface area (TPSA) is 79.3 Å². The average molecular weight is 381 g/mol. The molecule has 1 saturated heterocycles. The summed E-state index contributed by atoms with van der Waals surface area (Å²) in [5.74, 6) is 0.809. The number of aryl methyl sites for hydroxylation is 1. The molecule has 2 heterocycles. The molecule has 2 amide bonds. The molecule has 1 aliphatic rings. The van der Waals surface area contributed by atoms with Crippen molar-refractivity contribution in [3.8, 4) is 5.69 Å². The van der Waals surface area contributed by atoms with E-state index in [4.69, 9.17) is 0 Å². The van der Waals surface area contributed by atoms with Crippen LogP contribution in [0.4, 0.5) is 11.5 Å². The molecule has 28 heavy (non-hydrogen) atoms. The van der Waals surface area contributed by atoms with Crippen LogP contribution in [-0.4, -0.2) is 41.2 Å². The van der Waals surface area contributed by atoms with Crippen LogP contribution in [-0.2, 0) is 9.59 Å². The molecule has 148 valence electrons. The van der Waals surface area contributed by atoms with Gasteiger partial charge in [-0.25, -0.2) is 4.68 Å². The van der Waals surface area contributed by atoms with Crippen molar-refractivity contribution in [2.75, 3.05) is 29.9 Å². The molecule has 1 aromatic heterocycles. The summed E-state index contributed by atoms with van der Waals surface area (Å²) in [6.07, 6.45) is 3.19. The Morgan fingerprint density at radius 2 is 1.93 bits per heavy atom. The van der Waals surface area contributed by atoms with Gasteiger partial charge in [0.2, 0.25) is 11.8 Å². The largest absolute Gasteiger partial charge is 0.355 e. The Morgan fingerprint density at radius 3 is 2.54 bits per heavy atom. The zero-order chi connectivity index (χ0) is 20.1. The molecule has 0 radical (unpaired) electrons. The number of hydrogen-bond acceptors (Lipinski definition) is 4. The Morgan fingerprint density at radius 1 is 1.25 bits per heavy atom. The SMILES string of the molecule is C=CCNC(=O)C1CCN(c2c(NC(C)=O)c(C)nn2-c2ccccc2)CC1. The van der Waals surface area contributed by atoms with Crippen LogP contribution < -0.4 is 15.5 Å². The van der Waals surface area contributed by atoms with E-state index in [2.05, 4.69) is 27.2 Å². The Kier molecular flexibility index (Phi) is 6.13. The number of rotatable bonds is 6. The Balaban J connectivity index is 1.87. The summed E-state index contributed by atoms with van der Waals surface area (Å²) in [7, 11) is 0. The van der Waals surface area contributed by atoms with Gasteiger partial charge in [-0.3, -0.25) is 9.59 Å². The maximum absolute atomic E-state index is 12.3. The van der Waals surface area contributed by atoms with Crippen LogP contribution in [0.15, 0.2) is 43.0 Å². The van der Waals surface area contributed by atoms with Crippen molar-refractivity contribution >= 4 is 23.3 Å². The molecular formula is C21H27N5O2. The lowest BCUT2D eigenvalue weighted by Gasteiger charge is -2.33. The fourth-order valence-corrected chi connectivity index (χ4v) is 3.55. The van der Waals surface area contributed by atoms with Gasteiger partial charge in [-0.2, -0.15) is 5.10 Å². The molecule has 0 atom stereocenters. The van der Waals surface area contributed by atoms with Gasteiger partial charge < -0.3 is 15.5 Å². The van der Waals surface area contributed by atoms with Crippen molar-refractivity contribution in [2.45, 2.75) is 26.7 Å². The van der Waals surface area contributed by atoms with E-state index in [-0.39, 0.29) is 17.7 Å². The standard InChI is InChI=1S/C21H27N5O2/c1-4-12-22-20(28)17-10-13-25(14-11-17)21-19(23-16(3)27)15(2)24-26(21)18-8-6-5-7-9-18/h4-9,17H,1,10-14H2,2-3H3,(H,22,28)(H,23,27). The highest BCUT2D eigenvalue weighted by Crippen LogP contribution is 2.34. The van der Waals surface area contributed by atoms with E-state index in [1.165, 1.54) is 6.92 Å². The zero-order valence-corrected chi connectivity index (χ0v) is 16.4. The first kappa shape index (κ1) is 19.7. The Labute approximate surface area is 165 Å². The van der Waals surface area contributed by atoms with E-state index < -0.39 is 0 Å². The maximum Gasteiger partial charge on any atom is 0.223 e. The number of carbonyl (C=O) groups is 2. The van der Waals surface area contributed by atoms with E-state index in [1.54, 1.807) is 6.08 Å². The van der Waals surface area contributed by atoms with E-state index in [0.717, 1.165) is 48.8 Å². The van der Waals surface area contributed by atoms with Crippen molar-refractivity contribution in [1.29, 1.82) is 0 Å². The van der Waals surface area contributed by atoms with E-state index in [9.17, 15) is 9.59 Å². The average Bonchev–Trinajstić information content (AvgIpc) is 3.02. The lowest BCUT2D eigenvalue weighted by Crippen LogP contribution is -2.41. The lowest BCUT2D eigenvalue weighted by molar-refractivity contribution is -0.125. The van der Waals surface area contributed by atoms with Gasteiger partial charge in [-0.05, 0) is 31.9 Å². The van der Waals surface area contributed by atoms with Gasteiger partial charge in [0.1, 0.15) is 5.69 Å². The summed E-state index contributed by atoms with van der Waals surface area (Å²) in [4.78, 5) is 26.2. The number of anilines is 2. The summed E-state index contributed by atoms with van der Waals surface area (Å²) in [5.41, 5.74) is 2.42. The van der Waals surface area contributed by atoms with Crippen LogP contribution >= 0.6 is 0 Å². The number of para-hydroxylation sites is 1. The summed E-state index contributed by atoms with van der Waals surface area (Å²) in [6.45, 7) is 8.96. The molecular weight excluding hydrogens is 354 g/mol. The number of carbonyl (C=O) groups excluding carboxylic acids is 2. The predicted molar refractivity (Wildman–Crippen MR) is 111 cm³/mol. The van der Waals surface area contributed by atoms with Crippen molar-refractivity contribution in [1.82, 2.24) is 15.1 Å². The summed E-state index contributed by atoms with van der Waals surface area (Å²) in [5, 5.41) is 10.5. The molecule has 0 aliphatic carbocycles. The van der Waals surface area contributed by atoms with Crippen LogP contribution in [0.1, 0.15) is 25.5 Å². The summed E-state index contributed by atoms with van der Waals surface area (Å²) in [6, 6.07) is 9.86. The molecule has 0 saturated carbocycles. The predicted octanol–water partition coefficient (Wildman–Crippen LogP) is 2.66. The van der Waals surface area contributed by atoms with Crippen LogP contribution in [0, 0.1) is 12.8 Å². The third-order valence-corrected chi connectivity index (χ3v) is 4.92. The molecule has 1 aromatic carbocycles. The first-order chi connectivity index (χ1) is 13.5. The van der Waals surface area contributed by atoms with E-state index in [1.807, 2.05) is 41.9 Å².